The molecule has 0 bridgehead atoms. The smallest absolute Gasteiger partial charge is 0.337 e. The van der Waals surface area contributed by atoms with Crippen molar-refractivity contribution in [3.05, 3.63) is 91.8 Å². The van der Waals surface area contributed by atoms with E-state index in [-0.39, 0.29) is 23.6 Å². The Hall–Kier alpha value is -3.16. The van der Waals surface area contributed by atoms with E-state index in [1.165, 1.54) is 14.7 Å². The number of halogens is 1. The molecule has 2 aromatic heterocycles. The van der Waals surface area contributed by atoms with Crippen LogP contribution in [0.3, 0.4) is 0 Å². The first-order chi connectivity index (χ1) is 16.7. The van der Waals surface area contributed by atoms with Gasteiger partial charge in [0.25, 0.3) is 5.56 Å². The zero-order valence-corrected chi connectivity index (χ0v) is 21.0. The first-order valence-electron chi connectivity index (χ1n) is 11.9. The van der Waals surface area contributed by atoms with Crippen molar-refractivity contribution in [3.8, 4) is 5.69 Å². The number of nitrogens with zero attached hydrogens (tertiary/aromatic N) is 4. The largest absolute Gasteiger partial charge is 0.376 e. The quantitative estimate of drug-likeness (QED) is 0.410. The van der Waals surface area contributed by atoms with Crippen LogP contribution in [0, 0.1) is 0 Å². The van der Waals surface area contributed by atoms with E-state index in [1.54, 1.807) is 24.5 Å². The van der Waals surface area contributed by atoms with Gasteiger partial charge < -0.3 is 9.30 Å². The molecule has 1 fully saturated rings. The first-order valence-corrected chi connectivity index (χ1v) is 12.3. The Morgan fingerprint density at radius 2 is 1.83 bits per heavy atom. The summed E-state index contributed by atoms with van der Waals surface area (Å²) in [5.41, 5.74) is 2.65. The molecule has 0 radical (unpaired) electrons. The average molecular weight is 493 g/mol. The van der Waals surface area contributed by atoms with Crippen molar-refractivity contribution in [1.29, 1.82) is 0 Å². The van der Waals surface area contributed by atoms with E-state index >= 15 is 0 Å². The lowest BCUT2D eigenvalue weighted by atomic mass is 9.87. The van der Waals surface area contributed by atoms with Crippen molar-refractivity contribution in [1.82, 2.24) is 18.7 Å². The number of benzene rings is 2. The monoisotopic (exact) mass is 492 g/mol. The van der Waals surface area contributed by atoms with E-state index in [4.69, 9.17) is 16.3 Å². The highest BCUT2D eigenvalue weighted by molar-refractivity contribution is 6.32. The normalized spacial score (nSPS) is 16.3. The van der Waals surface area contributed by atoms with Gasteiger partial charge in [0.2, 0.25) is 0 Å². The van der Waals surface area contributed by atoms with Gasteiger partial charge in [-0.25, -0.2) is 14.3 Å². The summed E-state index contributed by atoms with van der Waals surface area (Å²) < 4.78 is 10.3. The van der Waals surface area contributed by atoms with Crippen LogP contribution in [-0.2, 0) is 23.2 Å². The van der Waals surface area contributed by atoms with E-state index in [0.717, 1.165) is 18.4 Å². The molecule has 1 saturated heterocycles. The standard InChI is InChI=1S/C27H29ClN4O3/c1-27(2,3)19-12-10-18(11-13-19)15-30-17-29-24-23(30)25(33)31(16-20-7-6-14-35-20)26(34)32(24)22-9-5-4-8-21(22)28/h4-5,8-13,17,20H,6-7,14-16H2,1-3H3/t20-/m1/s1. The van der Waals surface area contributed by atoms with E-state index in [9.17, 15) is 9.59 Å². The van der Waals surface area contributed by atoms with Crippen LogP contribution in [0.1, 0.15) is 44.7 Å². The molecule has 0 amide bonds. The Bertz CT molecular complexity index is 1490. The zero-order chi connectivity index (χ0) is 24.7. The van der Waals surface area contributed by atoms with Crippen LogP contribution in [0.2, 0.25) is 5.02 Å². The number of hydrogen-bond donors (Lipinski definition) is 0. The molecule has 5 rings (SSSR count). The topological polar surface area (TPSA) is 71.1 Å². The molecule has 0 saturated carbocycles. The maximum Gasteiger partial charge on any atom is 0.337 e. The molecule has 0 spiro atoms. The van der Waals surface area contributed by atoms with Gasteiger partial charge in [0.05, 0.1) is 29.7 Å². The summed E-state index contributed by atoms with van der Waals surface area (Å²) in [5.74, 6) is 0. The van der Waals surface area contributed by atoms with Crippen LogP contribution >= 0.6 is 11.6 Å². The molecule has 3 heterocycles. The Morgan fingerprint density at radius 1 is 1.09 bits per heavy atom. The molecule has 0 N–H and O–H groups in total. The molecule has 1 aliphatic heterocycles. The molecular formula is C27H29ClN4O3. The molecule has 7 nitrogen and oxygen atoms in total. The molecule has 182 valence electrons. The molecule has 4 aromatic rings. The summed E-state index contributed by atoms with van der Waals surface area (Å²) in [6, 6.07) is 15.5. The van der Waals surface area contributed by atoms with Crippen molar-refractivity contribution >= 4 is 22.8 Å². The predicted molar refractivity (Wildman–Crippen MR) is 138 cm³/mol. The Morgan fingerprint density at radius 3 is 2.49 bits per heavy atom. The molecule has 1 atom stereocenters. The van der Waals surface area contributed by atoms with Crippen LogP contribution in [0.25, 0.3) is 16.9 Å². The SMILES string of the molecule is CC(C)(C)c1ccc(Cn2cnc3c2c(=O)n(C[C@H]2CCCO2)c(=O)n3-c2ccccc2Cl)cc1. The minimum atomic E-state index is -0.467. The lowest BCUT2D eigenvalue weighted by Gasteiger charge is -2.19. The number of para-hydroxylation sites is 1. The predicted octanol–water partition coefficient (Wildman–Crippen LogP) is 4.53. The summed E-state index contributed by atoms with van der Waals surface area (Å²) in [6.45, 7) is 7.82. The second-order valence-electron chi connectivity index (χ2n) is 10.1. The summed E-state index contributed by atoms with van der Waals surface area (Å²) in [4.78, 5) is 31.8. The van der Waals surface area contributed by atoms with Crippen LogP contribution in [0.5, 0.6) is 0 Å². The number of aromatic nitrogens is 4. The molecule has 2 aromatic carbocycles. The van der Waals surface area contributed by atoms with Gasteiger partial charge >= 0.3 is 5.69 Å². The number of fused-ring (bicyclic) bond motifs is 1. The van der Waals surface area contributed by atoms with E-state index in [2.05, 4.69) is 50.0 Å². The molecule has 0 aliphatic carbocycles. The number of rotatable bonds is 5. The maximum absolute atomic E-state index is 13.7. The highest BCUT2D eigenvalue weighted by Gasteiger charge is 2.24. The van der Waals surface area contributed by atoms with Gasteiger partial charge in [-0.1, -0.05) is 68.8 Å². The molecule has 0 unspecified atom stereocenters. The zero-order valence-electron chi connectivity index (χ0n) is 20.2. The first kappa shape index (κ1) is 23.6. The number of imidazole rings is 1. The number of hydrogen-bond acceptors (Lipinski definition) is 4. The summed E-state index contributed by atoms with van der Waals surface area (Å²) in [6.07, 6.45) is 3.18. The Labute approximate surface area is 208 Å². The highest BCUT2D eigenvalue weighted by atomic mass is 35.5. The van der Waals surface area contributed by atoms with Gasteiger partial charge in [-0.05, 0) is 41.5 Å². The van der Waals surface area contributed by atoms with Crippen LogP contribution in [0.4, 0.5) is 0 Å². The second kappa shape index (κ2) is 9.13. The maximum atomic E-state index is 13.7. The lowest BCUT2D eigenvalue weighted by Crippen LogP contribution is -2.42. The summed E-state index contributed by atoms with van der Waals surface area (Å²) >= 11 is 6.48. The van der Waals surface area contributed by atoms with E-state index in [0.29, 0.717) is 35.0 Å². The van der Waals surface area contributed by atoms with Gasteiger partial charge in [0.1, 0.15) is 0 Å². The van der Waals surface area contributed by atoms with E-state index in [1.807, 2.05) is 10.6 Å². The summed E-state index contributed by atoms with van der Waals surface area (Å²) in [5, 5.41) is 0.408. The van der Waals surface area contributed by atoms with E-state index < -0.39 is 5.69 Å². The molecule has 8 heteroatoms. The third-order valence-electron chi connectivity index (χ3n) is 6.58. The summed E-state index contributed by atoms with van der Waals surface area (Å²) in [7, 11) is 0. The number of ether oxygens (including phenoxy) is 1. The fraction of sp³-hybridized carbons (Fsp3) is 0.370. The van der Waals surface area contributed by atoms with Gasteiger partial charge in [-0.2, -0.15) is 0 Å². The highest BCUT2D eigenvalue weighted by Crippen LogP contribution is 2.24. The van der Waals surface area contributed by atoms with Gasteiger partial charge in [-0.15, -0.1) is 0 Å². The van der Waals surface area contributed by atoms with Crippen LogP contribution in [0.15, 0.2) is 64.4 Å². The van der Waals surface area contributed by atoms with Gasteiger partial charge in [-0.3, -0.25) is 9.36 Å². The van der Waals surface area contributed by atoms with Crippen molar-refractivity contribution in [2.75, 3.05) is 6.61 Å². The fourth-order valence-electron chi connectivity index (χ4n) is 4.61. The fourth-order valence-corrected chi connectivity index (χ4v) is 4.83. The molecule has 35 heavy (non-hydrogen) atoms. The van der Waals surface area contributed by atoms with Crippen molar-refractivity contribution in [3.63, 3.8) is 0 Å². The van der Waals surface area contributed by atoms with Crippen molar-refractivity contribution < 1.29 is 4.74 Å². The third kappa shape index (κ3) is 4.46. The minimum Gasteiger partial charge on any atom is -0.376 e. The van der Waals surface area contributed by atoms with Gasteiger partial charge in [0.15, 0.2) is 11.2 Å². The molecule has 1 aliphatic rings. The van der Waals surface area contributed by atoms with Crippen molar-refractivity contribution in [2.24, 2.45) is 0 Å². The van der Waals surface area contributed by atoms with Crippen LogP contribution in [-0.4, -0.2) is 31.4 Å². The Balaban J connectivity index is 1.67. The Kier molecular flexibility index (Phi) is 6.15. The molecular weight excluding hydrogens is 464 g/mol. The minimum absolute atomic E-state index is 0.0568. The lowest BCUT2D eigenvalue weighted by molar-refractivity contribution is 0.0950. The average Bonchev–Trinajstić information content (AvgIpc) is 3.48. The third-order valence-corrected chi connectivity index (χ3v) is 6.90. The van der Waals surface area contributed by atoms with Crippen molar-refractivity contribution in [2.45, 2.75) is 58.2 Å². The van der Waals surface area contributed by atoms with Gasteiger partial charge in [0, 0.05) is 13.2 Å². The second-order valence-corrected chi connectivity index (χ2v) is 10.5. The van der Waals surface area contributed by atoms with Crippen LogP contribution < -0.4 is 11.2 Å².